The Labute approximate surface area is 113 Å². The molecule has 0 radical (unpaired) electrons. The van der Waals surface area contributed by atoms with Crippen molar-refractivity contribution >= 4 is 12.0 Å². The van der Waals surface area contributed by atoms with Gasteiger partial charge in [-0.3, -0.25) is 4.79 Å². The summed E-state index contributed by atoms with van der Waals surface area (Å²) < 4.78 is 5.32. The molecule has 1 aliphatic rings. The molecule has 0 aliphatic heterocycles. The second-order valence-corrected chi connectivity index (χ2v) is 4.98. The first-order chi connectivity index (χ1) is 9.28. The maximum atomic E-state index is 11.8. The second kappa shape index (κ2) is 7.10. The van der Waals surface area contributed by atoms with E-state index in [0.29, 0.717) is 18.1 Å². The van der Waals surface area contributed by atoms with Crippen molar-refractivity contribution in [2.45, 2.75) is 32.1 Å². The first kappa shape index (κ1) is 13.8. The quantitative estimate of drug-likeness (QED) is 0.653. The molecule has 1 saturated carbocycles. The number of aliphatic hydroxyl groups is 1. The van der Waals surface area contributed by atoms with E-state index in [9.17, 15) is 4.79 Å². The molecule has 1 fully saturated rings. The minimum atomic E-state index is -0.134. The molecule has 1 aromatic rings. The molecule has 102 valence electrons. The third-order valence-electron chi connectivity index (χ3n) is 3.46. The number of aliphatic hydroxyl groups excluding tert-OH is 1. The molecule has 0 atom stereocenters. The van der Waals surface area contributed by atoms with Gasteiger partial charge in [0.15, 0.2) is 0 Å². The van der Waals surface area contributed by atoms with Gasteiger partial charge in [0.25, 0.3) is 0 Å². The van der Waals surface area contributed by atoms with E-state index >= 15 is 0 Å². The molecule has 3 heteroatoms. The zero-order valence-corrected chi connectivity index (χ0v) is 11.0. The fourth-order valence-electron chi connectivity index (χ4n) is 2.46. The molecule has 0 amide bonds. The lowest BCUT2D eigenvalue weighted by Gasteiger charge is -2.08. The van der Waals surface area contributed by atoms with Crippen LogP contribution in [0.25, 0.3) is 6.08 Å². The first-order valence-corrected chi connectivity index (χ1v) is 6.86. The summed E-state index contributed by atoms with van der Waals surface area (Å²) in [6.07, 6.45) is 8.81. The predicted molar refractivity (Wildman–Crippen MR) is 74.8 cm³/mol. The Bertz CT molecular complexity index is 428. The second-order valence-electron chi connectivity index (χ2n) is 4.98. The van der Waals surface area contributed by atoms with Gasteiger partial charge in [-0.1, -0.05) is 37.1 Å². The Kier molecular flexibility index (Phi) is 5.16. The molecular formula is C16H20O3. The van der Waals surface area contributed by atoms with Gasteiger partial charge >= 0.3 is 5.97 Å². The van der Waals surface area contributed by atoms with Crippen LogP contribution in [0.4, 0.5) is 0 Å². The molecule has 0 aromatic heterocycles. The number of ether oxygens (including phenoxy) is 1. The van der Waals surface area contributed by atoms with E-state index < -0.39 is 0 Å². The maximum absolute atomic E-state index is 11.8. The maximum Gasteiger partial charge on any atom is 0.311 e. The number of carbonyl (C=O) groups is 1. The smallest absolute Gasteiger partial charge is 0.311 e. The van der Waals surface area contributed by atoms with Crippen molar-refractivity contribution in [2.75, 3.05) is 6.61 Å². The largest absolute Gasteiger partial charge is 0.427 e. The van der Waals surface area contributed by atoms with Gasteiger partial charge in [0.2, 0.25) is 0 Å². The standard InChI is InChI=1S/C16H20O3/c17-11-3-6-13-7-9-15(10-8-13)19-16(18)12-14-4-1-2-5-14/h3,6-10,14,17H,1-2,4-5,11-12H2. The van der Waals surface area contributed by atoms with Crippen molar-refractivity contribution in [3.8, 4) is 5.75 Å². The Hall–Kier alpha value is -1.61. The van der Waals surface area contributed by atoms with Gasteiger partial charge < -0.3 is 9.84 Å². The summed E-state index contributed by atoms with van der Waals surface area (Å²) in [6, 6.07) is 7.29. The third-order valence-corrected chi connectivity index (χ3v) is 3.46. The summed E-state index contributed by atoms with van der Waals surface area (Å²) in [4.78, 5) is 11.8. The fraction of sp³-hybridized carbons (Fsp3) is 0.438. The summed E-state index contributed by atoms with van der Waals surface area (Å²) in [6.45, 7) is 0.0259. The molecule has 0 heterocycles. The van der Waals surface area contributed by atoms with Crippen LogP contribution in [0.1, 0.15) is 37.7 Å². The highest BCUT2D eigenvalue weighted by molar-refractivity contribution is 5.72. The van der Waals surface area contributed by atoms with Crippen LogP contribution in [-0.2, 0) is 4.79 Å². The van der Waals surface area contributed by atoms with E-state index in [0.717, 1.165) is 18.4 Å². The molecule has 2 rings (SSSR count). The highest BCUT2D eigenvalue weighted by Crippen LogP contribution is 2.28. The minimum Gasteiger partial charge on any atom is -0.427 e. The average Bonchev–Trinajstić information content (AvgIpc) is 2.90. The minimum absolute atomic E-state index is 0.0259. The van der Waals surface area contributed by atoms with E-state index in [1.54, 1.807) is 18.2 Å². The molecule has 0 saturated heterocycles. The predicted octanol–water partition coefficient (Wildman–Crippen LogP) is 3.18. The van der Waals surface area contributed by atoms with Gasteiger partial charge in [-0.05, 0) is 36.5 Å². The van der Waals surface area contributed by atoms with Crippen molar-refractivity contribution in [1.82, 2.24) is 0 Å². The summed E-state index contributed by atoms with van der Waals surface area (Å²) in [5.41, 5.74) is 0.977. The van der Waals surface area contributed by atoms with E-state index in [4.69, 9.17) is 9.84 Å². The zero-order chi connectivity index (χ0) is 13.5. The van der Waals surface area contributed by atoms with E-state index in [1.807, 2.05) is 18.2 Å². The Balaban J connectivity index is 1.84. The molecule has 0 bridgehead atoms. The highest BCUT2D eigenvalue weighted by atomic mass is 16.5. The van der Waals surface area contributed by atoms with Crippen LogP contribution >= 0.6 is 0 Å². The highest BCUT2D eigenvalue weighted by Gasteiger charge is 2.19. The summed E-state index contributed by atoms with van der Waals surface area (Å²) >= 11 is 0. The van der Waals surface area contributed by atoms with Gasteiger partial charge in [0.1, 0.15) is 5.75 Å². The SMILES string of the molecule is O=C(CC1CCCC1)Oc1ccc(C=CCO)cc1. The van der Waals surface area contributed by atoms with Crippen molar-refractivity contribution < 1.29 is 14.6 Å². The third kappa shape index (κ3) is 4.52. The van der Waals surface area contributed by atoms with Crippen LogP contribution in [0.3, 0.4) is 0 Å². The fourth-order valence-corrected chi connectivity index (χ4v) is 2.46. The number of rotatable bonds is 5. The molecule has 1 aromatic carbocycles. The number of hydrogen-bond acceptors (Lipinski definition) is 3. The number of hydrogen-bond donors (Lipinski definition) is 1. The van der Waals surface area contributed by atoms with Crippen LogP contribution < -0.4 is 4.74 Å². The number of carbonyl (C=O) groups excluding carboxylic acids is 1. The van der Waals surface area contributed by atoms with Crippen LogP contribution in [0.15, 0.2) is 30.3 Å². The number of benzene rings is 1. The average molecular weight is 260 g/mol. The van der Waals surface area contributed by atoms with Crippen LogP contribution in [0.5, 0.6) is 5.75 Å². The molecule has 19 heavy (non-hydrogen) atoms. The van der Waals surface area contributed by atoms with Gasteiger partial charge in [-0.2, -0.15) is 0 Å². The van der Waals surface area contributed by atoms with Crippen molar-refractivity contribution in [1.29, 1.82) is 0 Å². The van der Waals surface area contributed by atoms with E-state index in [-0.39, 0.29) is 12.6 Å². The summed E-state index contributed by atoms with van der Waals surface area (Å²) in [7, 11) is 0. The normalized spacial score (nSPS) is 16.1. The van der Waals surface area contributed by atoms with Crippen molar-refractivity contribution in [3.05, 3.63) is 35.9 Å². The lowest BCUT2D eigenvalue weighted by molar-refractivity contribution is -0.135. The lowest BCUT2D eigenvalue weighted by Crippen LogP contribution is -2.12. The van der Waals surface area contributed by atoms with Crippen LogP contribution in [-0.4, -0.2) is 17.7 Å². The molecular weight excluding hydrogens is 240 g/mol. The monoisotopic (exact) mass is 260 g/mol. The van der Waals surface area contributed by atoms with Crippen molar-refractivity contribution in [3.63, 3.8) is 0 Å². The molecule has 1 N–H and O–H groups in total. The first-order valence-electron chi connectivity index (χ1n) is 6.86. The van der Waals surface area contributed by atoms with E-state index in [1.165, 1.54) is 12.8 Å². The lowest BCUT2D eigenvalue weighted by atomic mass is 10.0. The Morgan fingerprint density at radius 3 is 2.58 bits per heavy atom. The topological polar surface area (TPSA) is 46.5 Å². The van der Waals surface area contributed by atoms with Gasteiger partial charge in [0.05, 0.1) is 6.61 Å². The Morgan fingerprint density at radius 1 is 1.26 bits per heavy atom. The molecule has 0 spiro atoms. The van der Waals surface area contributed by atoms with Crippen molar-refractivity contribution in [2.24, 2.45) is 5.92 Å². The van der Waals surface area contributed by atoms with Crippen LogP contribution in [0, 0.1) is 5.92 Å². The van der Waals surface area contributed by atoms with Gasteiger partial charge in [-0.15, -0.1) is 0 Å². The molecule has 1 aliphatic carbocycles. The van der Waals surface area contributed by atoms with Crippen LogP contribution in [0.2, 0.25) is 0 Å². The zero-order valence-electron chi connectivity index (χ0n) is 11.0. The van der Waals surface area contributed by atoms with Gasteiger partial charge in [0, 0.05) is 6.42 Å². The molecule has 3 nitrogen and oxygen atoms in total. The molecule has 0 unspecified atom stereocenters. The Morgan fingerprint density at radius 2 is 1.95 bits per heavy atom. The van der Waals surface area contributed by atoms with E-state index in [2.05, 4.69) is 0 Å². The summed E-state index contributed by atoms with van der Waals surface area (Å²) in [5, 5.41) is 8.68. The van der Waals surface area contributed by atoms with Gasteiger partial charge in [-0.25, -0.2) is 0 Å². The number of esters is 1. The summed E-state index contributed by atoms with van der Waals surface area (Å²) in [5.74, 6) is 0.967.